The predicted molar refractivity (Wildman–Crippen MR) is 84.5 cm³/mol. The molecule has 0 unspecified atom stereocenters. The number of benzene rings is 1. The number of aromatic nitrogens is 1. The van der Waals surface area contributed by atoms with Crippen molar-refractivity contribution < 1.29 is 4.79 Å². The molecule has 2 aromatic rings. The molecule has 5 heteroatoms. The van der Waals surface area contributed by atoms with Gasteiger partial charge in [-0.2, -0.15) is 0 Å². The summed E-state index contributed by atoms with van der Waals surface area (Å²) in [6, 6.07) is 3.65. The van der Waals surface area contributed by atoms with E-state index in [0.717, 1.165) is 28.1 Å². The van der Waals surface area contributed by atoms with E-state index in [4.69, 9.17) is 5.73 Å². The van der Waals surface area contributed by atoms with Crippen molar-refractivity contribution in [3.63, 3.8) is 0 Å². The van der Waals surface area contributed by atoms with Gasteiger partial charge in [-0.05, 0) is 44.4 Å². The Morgan fingerprint density at radius 2 is 2.00 bits per heavy atom. The van der Waals surface area contributed by atoms with Crippen LogP contribution in [-0.2, 0) is 6.42 Å². The molecule has 0 saturated heterocycles. The average molecular weight is 289 g/mol. The van der Waals surface area contributed by atoms with Crippen LogP contribution in [0.5, 0.6) is 0 Å². The quantitative estimate of drug-likeness (QED) is 0.850. The van der Waals surface area contributed by atoms with Crippen LogP contribution in [0.4, 0.5) is 10.8 Å². The van der Waals surface area contributed by atoms with Crippen LogP contribution in [0.3, 0.4) is 0 Å². The summed E-state index contributed by atoms with van der Waals surface area (Å²) in [6.07, 6.45) is 0.870. The molecule has 0 aliphatic rings. The number of nitrogens with two attached hydrogens (primary N) is 1. The molecule has 106 valence electrons. The van der Waals surface area contributed by atoms with E-state index in [0.29, 0.717) is 16.4 Å². The number of hydrogen-bond acceptors (Lipinski definition) is 4. The third-order valence-corrected chi connectivity index (χ3v) is 4.23. The van der Waals surface area contributed by atoms with Crippen LogP contribution in [0, 0.1) is 20.8 Å². The summed E-state index contributed by atoms with van der Waals surface area (Å²) in [5.41, 5.74) is 10.0. The van der Waals surface area contributed by atoms with Gasteiger partial charge in [0.25, 0.3) is 5.91 Å². The number of carbonyl (C=O) groups excluding carboxylic acids is 1. The van der Waals surface area contributed by atoms with E-state index >= 15 is 0 Å². The molecule has 1 heterocycles. The second-order valence-electron chi connectivity index (χ2n) is 4.85. The summed E-state index contributed by atoms with van der Waals surface area (Å²) < 4.78 is 0. The Balaban J connectivity index is 2.25. The van der Waals surface area contributed by atoms with Crippen LogP contribution in [0.15, 0.2) is 12.1 Å². The normalized spacial score (nSPS) is 10.6. The van der Waals surface area contributed by atoms with Gasteiger partial charge in [0, 0.05) is 16.1 Å². The Labute approximate surface area is 123 Å². The number of nitrogen functional groups attached to an aromatic ring is 1. The van der Waals surface area contributed by atoms with Crippen LogP contribution in [0.25, 0.3) is 0 Å². The minimum atomic E-state index is -0.161. The van der Waals surface area contributed by atoms with Crippen LogP contribution < -0.4 is 11.1 Å². The molecule has 0 spiro atoms. The van der Waals surface area contributed by atoms with Gasteiger partial charge in [0.1, 0.15) is 0 Å². The SMILES string of the molecule is CCc1nc(NC(=O)c2cc(N)c(C)cc2C)sc1C. The van der Waals surface area contributed by atoms with E-state index in [-0.39, 0.29) is 5.91 Å². The molecule has 0 fully saturated rings. The van der Waals surface area contributed by atoms with Gasteiger partial charge in [-0.1, -0.05) is 13.0 Å². The van der Waals surface area contributed by atoms with Crippen LogP contribution in [0.2, 0.25) is 0 Å². The largest absolute Gasteiger partial charge is 0.398 e. The lowest BCUT2D eigenvalue weighted by Gasteiger charge is -2.08. The molecule has 0 aliphatic carbocycles. The van der Waals surface area contributed by atoms with Crippen molar-refractivity contribution in [1.82, 2.24) is 4.98 Å². The molecular weight excluding hydrogens is 270 g/mol. The summed E-state index contributed by atoms with van der Waals surface area (Å²) >= 11 is 1.50. The van der Waals surface area contributed by atoms with E-state index in [1.807, 2.05) is 26.8 Å². The maximum atomic E-state index is 12.3. The number of anilines is 2. The maximum absolute atomic E-state index is 12.3. The number of rotatable bonds is 3. The molecule has 0 atom stereocenters. The molecule has 4 nitrogen and oxygen atoms in total. The zero-order chi connectivity index (χ0) is 14.9. The summed E-state index contributed by atoms with van der Waals surface area (Å²) in [5, 5.41) is 3.50. The van der Waals surface area contributed by atoms with E-state index in [1.165, 1.54) is 11.3 Å². The zero-order valence-corrected chi connectivity index (χ0v) is 13.0. The Kier molecular flexibility index (Phi) is 4.09. The lowest BCUT2D eigenvalue weighted by Crippen LogP contribution is -2.14. The van der Waals surface area contributed by atoms with E-state index in [2.05, 4.69) is 17.2 Å². The first-order valence-corrected chi connectivity index (χ1v) is 7.38. The first kappa shape index (κ1) is 14.5. The highest BCUT2D eigenvalue weighted by Crippen LogP contribution is 2.24. The second kappa shape index (κ2) is 5.63. The average Bonchev–Trinajstić information content (AvgIpc) is 2.73. The molecule has 0 radical (unpaired) electrons. The Hall–Kier alpha value is -1.88. The second-order valence-corrected chi connectivity index (χ2v) is 6.06. The standard InChI is InChI=1S/C15H19N3OS/c1-5-13-10(4)20-15(17-13)18-14(19)11-7-12(16)9(3)6-8(11)2/h6-7H,5,16H2,1-4H3,(H,17,18,19). The van der Waals surface area contributed by atoms with E-state index in [1.54, 1.807) is 6.07 Å². The van der Waals surface area contributed by atoms with Crippen LogP contribution in [0.1, 0.15) is 39.0 Å². The Morgan fingerprint density at radius 1 is 1.30 bits per heavy atom. The van der Waals surface area contributed by atoms with Crippen molar-refractivity contribution in [3.8, 4) is 0 Å². The van der Waals surface area contributed by atoms with Gasteiger partial charge in [-0.15, -0.1) is 11.3 Å². The van der Waals surface area contributed by atoms with E-state index < -0.39 is 0 Å². The van der Waals surface area contributed by atoms with Gasteiger partial charge < -0.3 is 5.73 Å². The highest BCUT2D eigenvalue weighted by Gasteiger charge is 2.14. The smallest absolute Gasteiger partial charge is 0.257 e. The third-order valence-electron chi connectivity index (χ3n) is 3.31. The minimum Gasteiger partial charge on any atom is -0.398 e. The van der Waals surface area contributed by atoms with Gasteiger partial charge in [-0.3, -0.25) is 10.1 Å². The number of amides is 1. The fraction of sp³-hybridized carbons (Fsp3) is 0.333. The van der Waals surface area contributed by atoms with Crippen LogP contribution >= 0.6 is 11.3 Å². The molecule has 3 N–H and O–H groups in total. The molecule has 2 rings (SSSR count). The molecule has 1 amide bonds. The minimum absolute atomic E-state index is 0.161. The highest BCUT2D eigenvalue weighted by molar-refractivity contribution is 7.15. The number of nitrogens with one attached hydrogen (secondary N) is 1. The molecule has 0 saturated carbocycles. The van der Waals surface area contributed by atoms with Crippen molar-refractivity contribution >= 4 is 28.1 Å². The molecular formula is C15H19N3OS. The fourth-order valence-electron chi connectivity index (χ4n) is 2.09. The molecule has 0 bridgehead atoms. The number of hydrogen-bond donors (Lipinski definition) is 2. The summed E-state index contributed by atoms with van der Waals surface area (Å²) in [4.78, 5) is 17.9. The number of aryl methyl sites for hydroxylation is 4. The van der Waals surface area contributed by atoms with Gasteiger partial charge in [0.05, 0.1) is 5.69 Å². The number of carbonyl (C=O) groups is 1. The lowest BCUT2D eigenvalue weighted by molar-refractivity contribution is 0.102. The van der Waals surface area contributed by atoms with Gasteiger partial charge in [-0.25, -0.2) is 4.98 Å². The van der Waals surface area contributed by atoms with E-state index in [9.17, 15) is 4.79 Å². The van der Waals surface area contributed by atoms with Gasteiger partial charge in [0.15, 0.2) is 5.13 Å². The molecule has 20 heavy (non-hydrogen) atoms. The number of thiazole rings is 1. The lowest BCUT2D eigenvalue weighted by atomic mass is 10.0. The maximum Gasteiger partial charge on any atom is 0.257 e. The van der Waals surface area contributed by atoms with Crippen molar-refractivity contribution in [1.29, 1.82) is 0 Å². The van der Waals surface area contributed by atoms with Crippen LogP contribution in [-0.4, -0.2) is 10.9 Å². The fourth-order valence-corrected chi connectivity index (χ4v) is 2.98. The molecule has 1 aromatic carbocycles. The summed E-state index contributed by atoms with van der Waals surface area (Å²) in [7, 11) is 0. The van der Waals surface area contributed by atoms with Gasteiger partial charge in [0.2, 0.25) is 0 Å². The first-order chi connectivity index (χ1) is 9.42. The first-order valence-electron chi connectivity index (χ1n) is 6.56. The van der Waals surface area contributed by atoms with Crippen molar-refractivity contribution in [2.45, 2.75) is 34.1 Å². The predicted octanol–water partition coefficient (Wildman–Crippen LogP) is 3.47. The molecule has 1 aromatic heterocycles. The monoisotopic (exact) mass is 289 g/mol. The topological polar surface area (TPSA) is 68.0 Å². The molecule has 0 aliphatic heterocycles. The zero-order valence-electron chi connectivity index (χ0n) is 12.2. The van der Waals surface area contributed by atoms with Gasteiger partial charge >= 0.3 is 0 Å². The Bertz CT molecular complexity index is 661. The summed E-state index contributed by atoms with van der Waals surface area (Å²) in [5.74, 6) is -0.161. The number of nitrogens with zero attached hydrogens (tertiary/aromatic N) is 1. The Morgan fingerprint density at radius 3 is 2.60 bits per heavy atom. The third kappa shape index (κ3) is 2.82. The van der Waals surface area contributed by atoms with Crippen molar-refractivity contribution in [2.24, 2.45) is 0 Å². The van der Waals surface area contributed by atoms with Crippen molar-refractivity contribution in [3.05, 3.63) is 39.4 Å². The summed E-state index contributed by atoms with van der Waals surface area (Å²) in [6.45, 7) is 7.91. The highest BCUT2D eigenvalue weighted by atomic mass is 32.1. The van der Waals surface area contributed by atoms with Crippen molar-refractivity contribution in [2.75, 3.05) is 11.1 Å².